The minimum absolute atomic E-state index is 0.138. The number of amides is 4. The van der Waals surface area contributed by atoms with Gasteiger partial charge in [-0.3, -0.25) is 14.9 Å². The first-order valence-corrected chi connectivity index (χ1v) is 10.3. The van der Waals surface area contributed by atoms with Gasteiger partial charge in [0.2, 0.25) is 0 Å². The Balaban J connectivity index is 1.97. The van der Waals surface area contributed by atoms with Gasteiger partial charge >= 0.3 is 6.03 Å². The van der Waals surface area contributed by atoms with Crippen molar-refractivity contribution in [1.29, 1.82) is 0 Å². The summed E-state index contributed by atoms with van der Waals surface area (Å²) in [4.78, 5) is 38.7. The second-order valence-electron chi connectivity index (χ2n) is 6.42. The lowest BCUT2D eigenvalue weighted by Crippen LogP contribution is -2.54. The van der Waals surface area contributed by atoms with Crippen LogP contribution < -0.4 is 19.7 Å². The number of carbonyl (C=O) groups is 3. The largest absolute Gasteiger partial charge is 0.490 e. The number of hydrogen-bond acceptors (Lipinski definition) is 5. The highest BCUT2D eigenvalue weighted by Crippen LogP contribution is 2.33. The summed E-state index contributed by atoms with van der Waals surface area (Å²) in [7, 11) is 0. The van der Waals surface area contributed by atoms with Gasteiger partial charge in [-0.1, -0.05) is 35.0 Å². The fraction of sp³-hybridized carbons (Fsp3) is 0.227. The van der Waals surface area contributed by atoms with Gasteiger partial charge in [0.1, 0.15) is 5.57 Å². The van der Waals surface area contributed by atoms with Crippen molar-refractivity contribution in [3.8, 4) is 11.5 Å². The number of nitrogens with zero attached hydrogens (tertiary/aromatic N) is 1. The topological polar surface area (TPSA) is 84.9 Å². The van der Waals surface area contributed by atoms with E-state index in [1.54, 1.807) is 42.5 Å². The molecule has 0 radical (unpaired) electrons. The van der Waals surface area contributed by atoms with Crippen molar-refractivity contribution in [2.75, 3.05) is 18.1 Å². The number of carbonyl (C=O) groups excluding carboxylic acids is 3. The average Bonchev–Trinajstić information content (AvgIpc) is 2.72. The highest BCUT2D eigenvalue weighted by Gasteiger charge is 2.37. The standard InChI is InChI=1S/C22H21BrN2O5/c1-3-11-30-18-10-9-16(13-19(18)29-4-2)25-21(27)17(20(26)24-22(25)28)12-14-5-7-15(23)8-6-14/h5-10,12-13H,3-4,11H2,1-2H3,(H,24,26,28)/b17-12+. The predicted molar refractivity (Wildman–Crippen MR) is 117 cm³/mol. The van der Waals surface area contributed by atoms with E-state index in [2.05, 4.69) is 21.2 Å². The summed E-state index contributed by atoms with van der Waals surface area (Å²) in [6.07, 6.45) is 2.28. The van der Waals surface area contributed by atoms with Crippen LogP contribution in [-0.2, 0) is 9.59 Å². The summed E-state index contributed by atoms with van der Waals surface area (Å²) in [5.41, 5.74) is 0.796. The number of benzene rings is 2. The van der Waals surface area contributed by atoms with Crippen molar-refractivity contribution in [3.05, 3.63) is 58.1 Å². The molecule has 1 aliphatic heterocycles. The average molecular weight is 473 g/mol. The lowest BCUT2D eigenvalue weighted by molar-refractivity contribution is -0.122. The summed E-state index contributed by atoms with van der Waals surface area (Å²) in [5.74, 6) is -0.512. The van der Waals surface area contributed by atoms with Crippen LogP contribution >= 0.6 is 15.9 Å². The van der Waals surface area contributed by atoms with Crippen LogP contribution in [0.15, 0.2) is 52.5 Å². The molecule has 0 bridgehead atoms. The zero-order chi connectivity index (χ0) is 21.7. The van der Waals surface area contributed by atoms with Crippen LogP contribution in [0.25, 0.3) is 6.08 Å². The number of urea groups is 1. The lowest BCUT2D eigenvalue weighted by Gasteiger charge is -2.27. The normalized spacial score (nSPS) is 15.4. The SMILES string of the molecule is CCCOc1ccc(N2C(=O)NC(=O)/C(=C\c3ccc(Br)cc3)C2=O)cc1OCC. The number of imide groups is 2. The van der Waals surface area contributed by atoms with Crippen LogP contribution in [0.2, 0.25) is 0 Å². The van der Waals surface area contributed by atoms with E-state index in [4.69, 9.17) is 9.47 Å². The Morgan fingerprint density at radius 3 is 2.40 bits per heavy atom. The number of hydrogen-bond donors (Lipinski definition) is 1. The third kappa shape index (κ3) is 4.71. The minimum atomic E-state index is -0.817. The van der Waals surface area contributed by atoms with Gasteiger partial charge < -0.3 is 9.47 Å². The fourth-order valence-electron chi connectivity index (χ4n) is 2.85. The van der Waals surface area contributed by atoms with E-state index < -0.39 is 17.8 Å². The van der Waals surface area contributed by atoms with Crippen molar-refractivity contribution < 1.29 is 23.9 Å². The molecule has 0 atom stereocenters. The van der Waals surface area contributed by atoms with Gasteiger partial charge in [0.25, 0.3) is 11.8 Å². The summed E-state index contributed by atoms with van der Waals surface area (Å²) in [6, 6.07) is 11.1. The van der Waals surface area contributed by atoms with Gasteiger partial charge in [-0.05, 0) is 49.2 Å². The molecule has 1 heterocycles. The lowest BCUT2D eigenvalue weighted by atomic mass is 10.1. The van der Waals surface area contributed by atoms with Gasteiger partial charge in [0, 0.05) is 10.5 Å². The Kier molecular flexibility index (Phi) is 6.89. The molecule has 0 aromatic heterocycles. The molecule has 1 N–H and O–H groups in total. The maximum absolute atomic E-state index is 13.0. The smallest absolute Gasteiger partial charge is 0.335 e. The number of rotatable bonds is 7. The Hall–Kier alpha value is -3.13. The molecule has 0 unspecified atom stereocenters. The number of nitrogens with one attached hydrogen (secondary N) is 1. The molecule has 156 valence electrons. The Morgan fingerprint density at radius 2 is 1.73 bits per heavy atom. The van der Waals surface area contributed by atoms with Crippen LogP contribution in [0, 0.1) is 0 Å². The van der Waals surface area contributed by atoms with Crippen LogP contribution in [-0.4, -0.2) is 31.1 Å². The first-order valence-electron chi connectivity index (χ1n) is 9.51. The predicted octanol–water partition coefficient (Wildman–Crippen LogP) is 4.30. The highest BCUT2D eigenvalue weighted by molar-refractivity contribution is 9.10. The van der Waals surface area contributed by atoms with Crippen LogP contribution in [0.3, 0.4) is 0 Å². The molecule has 1 aliphatic rings. The van der Waals surface area contributed by atoms with Crippen molar-refractivity contribution in [1.82, 2.24) is 5.32 Å². The van der Waals surface area contributed by atoms with Crippen molar-refractivity contribution >= 4 is 45.5 Å². The first-order chi connectivity index (χ1) is 14.4. The third-order valence-corrected chi connectivity index (χ3v) is 4.76. The van der Waals surface area contributed by atoms with E-state index in [1.165, 1.54) is 6.08 Å². The first kappa shape index (κ1) is 21.6. The fourth-order valence-corrected chi connectivity index (χ4v) is 3.12. The summed E-state index contributed by atoms with van der Waals surface area (Å²) >= 11 is 3.34. The van der Waals surface area contributed by atoms with E-state index in [-0.39, 0.29) is 11.3 Å². The molecule has 7 nitrogen and oxygen atoms in total. The zero-order valence-corrected chi connectivity index (χ0v) is 18.2. The molecule has 3 rings (SSSR count). The monoisotopic (exact) mass is 472 g/mol. The molecular formula is C22H21BrN2O5. The van der Waals surface area contributed by atoms with Gasteiger partial charge in [-0.2, -0.15) is 0 Å². The molecular weight excluding hydrogens is 452 g/mol. The Labute approximate surface area is 182 Å². The van der Waals surface area contributed by atoms with Crippen LogP contribution in [0.4, 0.5) is 10.5 Å². The molecule has 0 aliphatic carbocycles. The second-order valence-corrected chi connectivity index (χ2v) is 7.34. The molecule has 0 spiro atoms. The van der Waals surface area contributed by atoms with E-state index in [1.807, 2.05) is 13.8 Å². The molecule has 8 heteroatoms. The van der Waals surface area contributed by atoms with Crippen molar-refractivity contribution in [2.45, 2.75) is 20.3 Å². The van der Waals surface area contributed by atoms with E-state index in [0.29, 0.717) is 30.3 Å². The van der Waals surface area contributed by atoms with Gasteiger partial charge in [-0.25, -0.2) is 9.69 Å². The maximum Gasteiger partial charge on any atom is 0.335 e. The van der Waals surface area contributed by atoms with Gasteiger partial charge in [0.15, 0.2) is 11.5 Å². The molecule has 30 heavy (non-hydrogen) atoms. The Bertz CT molecular complexity index is 1000. The second kappa shape index (κ2) is 9.58. The molecule has 1 saturated heterocycles. The Morgan fingerprint density at radius 1 is 1.00 bits per heavy atom. The van der Waals surface area contributed by atoms with E-state index in [0.717, 1.165) is 15.8 Å². The van der Waals surface area contributed by atoms with Crippen molar-refractivity contribution in [2.24, 2.45) is 0 Å². The van der Waals surface area contributed by atoms with Crippen LogP contribution in [0.1, 0.15) is 25.8 Å². The molecule has 0 saturated carbocycles. The zero-order valence-electron chi connectivity index (χ0n) is 16.6. The summed E-state index contributed by atoms with van der Waals surface area (Å²) in [5, 5.41) is 2.22. The molecule has 2 aromatic carbocycles. The number of ether oxygens (including phenoxy) is 2. The third-order valence-electron chi connectivity index (χ3n) is 4.23. The summed E-state index contributed by atoms with van der Waals surface area (Å²) in [6.45, 7) is 4.71. The maximum atomic E-state index is 13.0. The summed E-state index contributed by atoms with van der Waals surface area (Å²) < 4.78 is 12.1. The highest BCUT2D eigenvalue weighted by atomic mass is 79.9. The molecule has 1 fully saturated rings. The van der Waals surface area contributed by atoms with Gasteiger partial charge in [0.05, 0.1) is 18.9 Å². The molecule has 4 amide bonds. The van der Waals surface area contributed by atoms with Gasteiger partial charge in [-0.15, -0.1) is 0 Å². The number of halogens is 1. The van der Waals surface area contributed by atoms with E-state index in [9.17, 15) is 14.4 Å². The van der Waals surface area contributed by atoms with Crippen molar-refractivity contribution in [3.63, 3.8) is 0 Å². The quantitative estimate of drug-likeness (QED) is 0.479. The number of barbiturate groups is 1. The molecule has 2 aromatic rings. The van der Waals surface area contributed by atoms with E-state index >= 15 is 0 Å². The number of anilines is 1. The van der Waals surface area contributed by atoms with Crippen LogP contribution in [0.5, 0.6) is 11.5 Å². The minimum Gasteiger partial charge on any atom is -0.490 e.